The number of nitrogens with zero attached hydrogens (tertiary/aromatic N) is 4. The Morgan fingerprint density at radius 1 is 1.12 bits per heavy atom. The van der Waals surface area contributed by atoms with Gasteiger partial charge in [-0.1, -0.05) is 30.3 Å². The van der Waals surface area contributed by atoms with Crippen molar-refractivity contribution in [3.8, 4) is 0 Å². The fourth-order valence-corrected chi connectivity index (χ4v) is 3.28. The van der Waals surface area contributed by atoms with E-state index in [0.29, 0.717) is 12.2 Å². The first-order valence-electron chi connectivity index (χ1n) is 8.35. The van der Waals surface area contributed by atoms with Gasteiger partial charge < -0.3 is 10.2 Å². The second-order valence-electron chi connectivity index (χ2n) is 6.01. The predicted octanol–water partition coefficient (Wildman–Crippen LogP) is 1.48. The van der Waals surface area contributed by atoms with E-state index in [1.165, 1.54) is 11.8 Å². The number of piperazine rings is 1. The van der Waals surface area contributed by atoms with Crippen LogP contribution in [0, 0.1) is 0 Å². The fraction of sp³-hybridized carbons (Fsp3) is 0.471. The summed E-state index contributed by atoms with van der Waals surface area (Å²) < 4.78 is 7.77. The van der Waals surface area contributed by atoms with Crippen molar-refractivity contribution in [2.24, 2.45) is 0 Å². The largest absolute Gasteiger partial charge is 0.351 e. The van der Waals surface area contributed by atoms with Crippen LogP contribution in [0.1, 0.15) is 22.5 Å². The second-order valence-corrected chi connectivity index (χ2v) is 6.56. The molecule has 0 atom stereocenters. The lowest BCUT2D eigenvalue weighted by molar-refractivity contribution is 0.0943. The quantitative estimate of drug-likeness (QED) is 0.770. The van der Waals surface area contributed by atoms with Gasteiger partial charge in [-0.25, -0.2) is 0 Å². The topological polar surface area (TPSA) is 61.4 Å². The maximum atomic E-state index is 11.7. The molecule has 0 aliphatic carbocycles. The number of aromatic nitrogens is 2. The molecule has 0 spiro atoms. The highest BCUT2D eigenvalue weighted by Crippen LogP contribution is 2.08. The van der Waals surface area contributed by atoms with E-state index in [9.17, 15) is 4.79 Å². The molecule has 1 aromatic heterocycles. The van der Waals surface area contributed by atoms with E-state index in [1.54, 1.807) is 0 Å². The van der Waals surface area contributed by atoms with Crippen LogP contribution in [0.4, 0.5) is 0 Å². The Labute approximate surface area is 146 Å². The predicted molar refractivity (Wildman–Crippen MR) is 95.0 cm³/mol. The molecule has 2 heterocycles. The first-order valence-corrected chi connectivity index (χ1v) is 9.09. The van der Waals surface area contributed by atoms with Crippen LogP contribution in [-0.4, -0.2) is 63.7 Å². The van der Waals surface area contributed by atoms with Crippen LogP contribution in [-0.2, 0) is 6.54 Å². The van der Waals surface area contributed by atoms with Gasteiger partial charge in [0.1, 0.15) is 0 Å². The molecule has 24 heavy (non-hydrogen) atoms. The molecule has 1 fully saturated rings. The smallest absolute Gasteiger partial charge is 0.272 e. The molecule has 0 bridgehead atoms. The summed E-state index contributed by atoms with van der Waals surface area (Å²) in [6.07, 6.45) is 2.47. The van der Waals surface area contributed by atoms with Gasteiger partial charge in [0.05, 0.1) is 17.9 Å². The molecule has 1 aromatic carbocycles. The van der Waals surface area contributed by atoms with Crippen molar-refractivity contribution >= 4 is 17.6 Å². The highest BCUT2D eigenvalue weighted by molar-refractivity contribution is 6.99. The Balaban J connectivity index is 1.29. The number of carbonyl (C=O) groups is 1. The van der Waals surface area contributed by atoms with E-state index in [2.05, 4.69) is 54.2 Å². The van der Waals surface area contributed by atoms with Crippen molar-refractivity contribution in [2.75, 3.05) is 39.3 Å². The van der Waals surface area contributed by atoms with Crippen molar-refractivity contribution < 1.29 is 4.79 Å². The highest BCUT2D eigenvalue weighted by atomic mass is 32.1. The number of rotatable bonds is 7. The van der Waals surface area contributed by atoms with Crippen LogP contribution in [0.3, 0.4) is 0 Å². The Hall–Kier alpha value is -1.83. The van der Waals surface area contributed by atoms with Gasteiger partial charge in [0.15, 0.2) is 5.69 Å². The molecular weight excluding hydrogens is 322 g/mol. The number of hydrogen-bond acceptors (Lipinski definition) is 6. The fourth-order valence-electron chi connectivity index (χ4n) is 2.87. The number of benzene rings is 1. The van der Waals surface area contributed by atoms with Gasteiger partial charge >= 0.3 is 0 Å². The van der Waals surface area contributed by atoms with Gasteiger partial charge in [-0.05, 0) is 18.5 Å². The van der Waals surface area contributed by atoms with Crippen molar-refractivity contribution in [1.29, 1.82) is 0 Å². The van der Waals surface area contributed by atoms with Gasteiger partial charge in [0.25, 0.3) is 5.91 Å². The van der Waals surface area contributed by atoms with Crippen LogP contribution < -0.4 is 5.32 Å². The van der Waals surface area contributed by atoms with Crippen molar-refractivity contribution in [3.63, 3.8) is 0 Å². The van der Waals surface area contributed by atoms with Crippen LogP contribution in [0.25, 0.3) is 0 Å². The summed E-state index contributed by atoms with van der Waals surface area (Å²) in [7, 11) is 0. The van der Waals surface area contributed by atoms with E-state index in [-0.39, 0.29) is 5.91 Å². The van der Waals surface area contributed by atoms with Gasteiger partial charge in [0, 0.05) is 39.3 Å². The lowest BCUT2D eigenvalue weighted by Crippen LogP contribution is -2.46. The number of nitrogens with one attached hydrogen (secondary N) is 1. The molecule has 7 heteroatoms. The molecule has 0 saturated carbocycles. The average molecular weight is 345 g/mol. The van der Waals surface area contributed by atoms with Gasteiger partial charge in [-0.3, -0.25) is 9.69 Å². The zero-order valence-corrected chi connectivity index (χ0v) is 14.5. The third-order valence-corrected chi connectivity index (χ3v) is 4.72. The molecule has 6 nitrogen and oxygen atoms in total. The van der Waals surface area contributed by atoms with Gasteiger partial charge in [0.2, 0.25) is 0 Å². The van der Waals surface area contributed by atoms with Gasteiger partial charge in [-0.15, -0.1) is 0 Å². The minimum Gasteiger partial charge on any atom is -0.351 e. The van der Waals surface area contributed by atoms with E-state index in [4.69, 9.17) is 0 Å². The van der Waals surface area contributed by atoms with Crippen LogP contribution >= 0.6 is 11.7 Å². The van der Waals surface area contributed by atoms with Crippen LogP contribution in [0.5, 0.6) is 0 Å². The minimum absolute atomic E-state index is 0.128. The summed E-state index contributed by atoms with van der Waals surface area (Å²) in [5.74, 6) is -0.128. The Morgan fingerprint density at radius 3 is 2.58 bits per heavy atom. The molecular formula is C17H23N5OS. The summed E-state index contributed by atoms with van der Waals surface area (Å²) in [5, 5.41) is 2.89. The molecule has 0 radical (unpaired) electrons. The SMILES string of the molecule is O=C(NCCCN1CCN(Cc2ccccc2)CC1)c1cnsn1. The van der Waals surface area contributed by atoms with Crippen LogP contribution in [0.2, 0.25) is 0 Å². The molecule has 1 amide bonds. The summed E-state index contributed by atoms with van der Waals surface area (Å²) in [5.41, 5.74) is 1.79. The monoisotopic (exact) mass is 345 g/mol. The summed E-state index contributed by atoms with van der Waals surface area (Å²) in [6.45, 7) is 7.13. The second kappa shape index (κ2) is 8.86. The Morgan fingerprint density at radius 2 is 1.88 bits per heavy atom. The van der Waals surface area contributed by atoms with Crippen LogP contribution in [0.15, 0.2) is 36.5 Å². The third-order valence-electron chi connectivity index (χ3n) is 4.24. The maximum Gasteiger partial charge on any atom is 0.272 e. The lowest BCUT2D eigenvalue weighted by Gasteiger charge is -2.34. The van der Waals surface area contributed by atoms with Gasteiger partial charge in [-0.2, -0.15) is 8.75 Å². The van der Waals surface area contributed by atoms with Crippen molar-refractivity contribution in [1.82, 2.24) is 23.9 Å². The maximum absolute atomic E-state index is 11.7. The van der Waals surface area contributed by atoms with E-state index < -0.39 is 0 Å². The first kappa shape index (κ1) is 17.0. The zero-order chi connectivity index (χ0) is 16.6. The highest BCUT2D eigenvalue weighted by Gasteiger charge is 2.16. The Kier molecular flexibility index (Phi) is 6.28. The third kappa shape index (κ3) is 5.09. The number of carbonyl (C=O) groups excluding carboxylic acids is 1. The molecule has 1 N–H and O–H groups in total. The summed E-state index contributed by atoms with van der Waals surface area (Å²) in [6, 6.07) is 10.6. The first-order chi connectivity index (χ1) is 11.8. The number of hydrogen-bond donors (Lipinski definition) is 1. The average Bonchev–Trinajstić information content (AvgIpc) is 3.16. The van der Waals surface area contributed by atoms with E-state index in [1.807, 2.05) is 0 Å². The van der Waals surface area contributed by atoms with E-state index in [0.717, 1.165) is 57.4 Å². The molecule has 1 aliphatic heterocycles. The molecule has 128 valence electrons. The molecule has 1 aliphatic rings. The van der Waals surface area contributed by atoms with Crippen molar-refractivity contribution in [3.05, 3.63) is 47.8 Å². The molecule has 2 aromatic rings. The van der Waals surface area contributed by atoms with E-state index >= 15 is 0 Å². The zero-order valence-electron chi connectivity index (χ0n) is 13.7. The molecule has 3 rings (SSSR count). The number of amides is 1. The molecule has 1 saturated heterocycles. The molecule has 0 unspecified atom stereocenters. The van der Waals surface area contributed by atoms with Crippen molar-refractivity contribution in [2.45, 2.75) is 13.0 Å². The lowest BCUT2D eigenvalue weighted by atomic mass is 10.2. The Bertz CT molecular complexity index is 611. The summed E-state index contributed by atoms with van der Waals surface area (Å²) in [4.78, 5) is 16.7. The summed E-state index contributed by atoms with van der Waals surface area (Å²) >= 11 is 1.06. The minimum atomic E-state index is -0.128. The normalized spacial score (nSPS) is 16.2. The standard InChI is InChI=1S/C17H23N5OS/c23-17(16-13-19-24-20-16)18-7-4-8-21-9-11-22(12-10-21)14-15-5-2-1-3-6-15/h1-3,5-6,13H,4,7-12,14H2,(H,18,23).